The van der Waals surface area contributed by atoms with Crippen LogP contribution in [0.25, 0.3) is 0 Å². The molecule has 1 aliphatic carbocycles. The van der Waals surface area contributed by atoms with Crippen molar-refractivity contribution in [2.45, 2.75) is 86.7 Å². The lowest BCUT2D eigenvalue weighted by Gasteiger charge is -2.34. The van der Waals surface area contributed by atoms with Gasteiger partial charge in [-0.05, 0) is 66.5 Å². The minimum Gasteiger partial charge on any atom is -0.458 e. The van der Waals surface area contributed by atoms with Gasteiger partial charge in [-0.2, -0.15) is 0 Å². The maximum absolute atomic E-state index is 12.9. The lowest BCUT2D eigenvalue weighted by atomic mass is 9.72. The Balaban J connectivity index is 2.12. The smallest absolute Gasteiger partial charge is 0.310 e. The molecule has 0 saturated carbocycles. The summed E-state index contributed by atoms with van der Waals surface area (Å²) in [6.45, 7) is 15.0. The summed E-state index contributed by atoms with van der Waals surface area (Å²) in [6, 6.07) is 6.62. The molecule has 1 aliphatic rings. The normalized spacial score (nSPS) is 17.6. The van der Waals surface area contributed by atoms with Crippen LogP contribution < -0.4 is 0 Å². The molecule has 0 fully saturated rings. The zero-order valence-corrected chi connectivity index (χ0v) is 17.2. The second-order valence-electron chi connectivity index (χ2n) is 10.00. The van der Waals surface area contributed by atoms with Crippen LogP contribution in [0.1, 0.15) is 90.5 Å². The first-order valence-corrected chi connectivity index (χ1v) is 9.79. The van der Waals surface area contributed by atoms with Crippen molar-refractivity contribution in [2.75, 3.05) is 0 Å². The predicted octanol–water partition coefficient (Wildman–Crippen LogP) is 6.27. The third kappa shape index (κ3) is 5.59. The summed E-state index contributed by atoms with van der Waals surface area (Å²) in [7, 11) is 0. The molecule has 25 heavy (non-hydrogen) atoms. The van der Waals surface area contributed by atoms with Gasteiger partial charge in [-0.25, -0.2) is 0 Å². The number of hydrogen-bond donors (Lipinski definition) is 0. The summed E-state index contributed by atoms with van der Waals surface area (Å²) >= 11 is 0. The highest BCUT2D eigenvalue weighted by molar-refractivity contribution is 5.73. The van der Waals surface area contributed by atoms with Crippen LogP contribution in [0.2, 0.25) is 0 Å². The van der Waals surface area contributed by atoms with Crippen molar-refractivity contribution in [3.05, 3.63) is 34.9 Å². The van der Waals surface area contributed by atoms with Gasteiger partial charge in [0, 0.05) is 0 Å². The first-order valence-electron chi connectivity index (χ1n) is 9.79. The van der Waals surface area contributed by atoms with Gasteiger partial charge in [-0.15, -0.1) is 0 Å². The van der Waals surface area contributed by atoms with Gasteiger partial charge >= 0.3 is 5.97 Å². The molecule has 2 rings (SSSR count). The molecule has 2 nitrogen and oxygen atoms in total. The summed E-state index contributed by atoms with van der Waals surface area (Å²) in [5.74, 6) is -0.153. The van der Waals surface area contributed by atoms with E-state index in [-0.39, 0.29) is 28.8 Å². The second kappa shape index (κ2) is 7.51. The second-order valence-corrected chi connectivity index (χ2v) is 10.00. The number of carbonyl (C=O) groups excluding carboxylic acids is 1. The van der Waals surface area contributed by atoms with Gasteiger partial charge in [0.25, 0.3) is 0 Å². The summed E-state index contributed by atoms with van der Waals surface area (Å²) < 4.78 is 5.92. The van der Waals surface area contributed by atoms with Crippen molar-refractivity contribution >= 4 is 5.97 Å². The Morgan fingerprint density at radius 1 is 1.04 bits per heavy atom. The zero-order chi connectivity index (χ0) is 18.8. The summed E-state index contributed by atoms with van der Waals surface area (Å²) in [4.78, 5) is 12.9. The van der Waals surface area contributed by atoms with Gasteiger partial charge in [0.1, 0.15) is 6.10 Å². The summed E-state index contributed by atoms with van der Waals surface area (Å²) in [6.07, 6.45) is 5.54. The van der Waals surface area contributed by atoms with Gasteiger partial charge in [0.05, 0.1) is 5.92 Å². The molecule has 1 aromatic carbocycles. The summed E-state index contributed by atoms with van der Waals surface area (Å²) in [5.41, 5.74) is 4.03. The largest absolute Gasteiger partial charge is 0.458 e. The fraction of sp³-hybridized carbons (Fsp3) is 0.696. The Hall–Kier alpha value is -1.31. The summed E-state index contributed by atoms with van der Waals surface area (Å²) in [5, 5.41) is 0. The van der Waals surface area contributed by atoms with Gasteiger partial charge in [0.15, 0.2) is 0 Å². The SMILES string of the molecule is CC(OC(=O)C(CC(C)(C)C)C(C)(C)C)c1ccc2c(c1)CCCC2. The highest BCUT2D eigenvalue weighted by Gasteiger charge is 2.36. The van der Waals surface area contributed by atoms with Gasteiger partial charge in [-0.3, -0.25) is 4.79 Å². The number of rotatable bonds is 4. The van der Waals surface area contributed by atoms with E-state index in [1.807, 2.05) is 6.92 Å². The van der Waals surface area contributed by atoms with Crippen LogP contribution in [0.3, 0.4) is 0 Å². The third-order valence-electron chi connectivity index (χ3n) is 5.28. The van der Waals surface area contributed by atoms with E-state index < -0.39 is 0 Å². The molecular formula is C23H36O2. The Kier molecular flexibility index (Phi) is 6.01. The Morgan fingerprint density at radius 2 is 1.64 bits per heavy atom. The number of hydrogen-bond acceptors (Lipinski definition) is 2. The van der Waals surface area contributed by atoms with Gasteiger partial charge in [0.2, 0.25) is 0 Å². The predicted molar refractivity (Wildman–Crippen MR) is 105 cm³/mol. The molecule has 0 N–H and O–H groups in total. The average molecular weight is 345 g/mol. The van der Waals surface area contributed by atoms with E-state index in [9.17, 15) is 4.79 Å². The van der Waals surface area contributed by atoms with Crippen LogP contribution in [-0.4, -0.2) is 5.97 Å². The monoisotopic (exact) mass is 344 g/mol. The van der Waals surface area contributed by atoms with E-state index in [0.717, 1.165) is 18.4 Å². The lowest BCUT2D eigenvalue weighted by Crippen LogP contribution is -2.34. The molecule has 0 amide bonds. The van der Waals surface area contributed by atoms with E-state index >= 15 is 0 Å². The first-order chi connectivity index (χ1) is 11.5. The highest BCUT2D eigenvalue weighted by Crippen LogP contribution is 2.38. The third-order valence-corrected chi connectivity index (χ3v) is 5.28. The maximum atomic E-state index is 12.9. The van der Waals surface area contributed by atoms with E-state index in [2.05, 4.69) is 59.7 Å². The fourth-order valence-corrected chi connectivity index (χ4v) is 3.69. The number of carbonyl (C=O) groups is 1. The molecule has 0 aliphatic heterocycles. The van der Waals surface area contributed by atoms with Crippen molar-refractivity contribution in [3.8, 4) is 0 Å². The highest BCUT2D eigenvalue weighted by atomic mass is 16.5. The topological polar surface area (TPSA) is 26.3 Å². The molecule has 0 aromatic heterocycles. The Labute approximate surface area is 154 Å². The van der Waals surface area contributed by atoms with Crippen LogP contribution in [0, 0.1) is 16.7 Å². The average Bonchev–Trinajstić information content (AvgIpc) is 2.50. The van der Waals surface area contributed by atoms with Crippen molar-refractivity contribution in [1.82, 2.24) is 0 Å². The number of fused-ring (bicyclic) bond motifs is 1. The van der Waals surface area contributed by atoms with E-state index in [4.69, 9.17) is 4.74 Å². The maximum Gasteiger partial charge on any atom is 0.310 e. The quantitative estimate of drug-likeness (QED) is 0.602. The molecule has 2 heteroatoms. The molecule has 0 heterocycles. The number of aryl methyl sites for hydroxylation is 2. The molecular weight excluding hydrogens is 308 g/mol. The minimum absolute atomic E-state index is 0.0624. The molecule has 2 unspecified atom stereocenters. The zero-order valence-electron chi connectivity index (χ0n) is 17.2. The number of benzene rings is 1. The van der Waals surface area contributed by atoms with Crippen molar-refractivity contribution in [1.29, 1.82) is 0 Å². The van der Waals surface area contributed by atoms with Crippen LogP contribution in [0.4, 0.5) is 0 Å². The minimum atomic E-state index is -0.190. The van der Waals surface area contributed by atoms with Crippen LogP contribution >= 0.6 is 0 Å². The lowest BCUT2D eigenvalue weighted by molar-refractivity contribution is -0.159. The number of ether oxygens (including phenoxy) is 1. The molecule has 2 atom stereocenters. The fourth-order valence-electron chi connectivity index (χ4n) is 3.69. The van der Waals surface area contributed by atoms with Crippen molar-refractivity contribution in [3.63, 3.8) is 0 Å². The molecule has 0 radical (unpaired) electrons. The van der Waals surface area contributed by atoms with Crippen LogP contribution in [-0.2, 0) is 22.4 Å². The van der Waals surface area contributed by atoms with Crippen LogP contribution in [0.5, 0.6) is 0 Å². The molecule has 0 bridgehead atoms. The van der Waals surface area contributed by atoms with E-state index in [1.54, 1.807) is 0 Å². The van der Waals surface area contributed by atoms with E-state index in [1.165, 1.54) is 30.4 Å². The van der Waals surface area contributed by atoms with Crippen LogP contribution in [0.15, 0.2) is 18.2 Å². The first kappa shape index (κ1) is 20.0. The Bertz CT molecular complexity index is 601. The standard InChI is InChI=1S/C23H36O2/c1-16(18-13-12-17-10-8-9-11-19(17)14-18)25-21(24)20(23(5,6)7)15-22(2,3)4/h12-14,16,20H,8-11,15H2,1-7H3. The molecule has 1 aromatic rings. The molecule has 0 saturated heterocycles. The molecule has 140 valence electrons. The van der Waals surface area contributed by atoms with Gasteiger partial charge in [-0.1, -0.05) is 59.7 Å². The van der Waals surface area contributed by atoms with Gasteiger partial charge < -0.3 is 4.74 Å². The molecule has 0 spiro atoms. The van der Waals surface area contributed by atoms with Crippen molar-refractivity contribution < 1.29 is 9.53 Å². The van der Waals surface area contributed by atoms with E-state index in [0.29, 0.717) is 0 Å². The number of esters is 1. The van der Waals surface area contributed by atoms with Crippen molar-refractivity contribution in [2.24, 2.45) is 16.7 Å². The Morgan fingerprint density at radius 3 is 2.20 bits per heavy atom.